The van der Waals surface area contributed by atoms with Gasteiger partial charge in [0.2, 0.25) is 0 Å². The number of H-pyrrole nitrogens is 1. The van der Waals surface area contributed by atoms with Crippen LogP contribution in [0.2, 0.25) is 0 Å². The summed E-state index contributed by atoms with van der Waals surface area (Å²) < 4.78 is 33.2. The molecule has 1 unspecified atom stereocenters. The zero-order valence-corrected chi connectivity index (χ0v) is 13.1. The Bertz CT molecular complexity index is 745. The van der Waals surface area contributed by atoms with Crippen LogP contribution < -0.4 is 4.72 Å². The number of fused-ring (bicyclic) bond motifs is 1. The van der Waals surface area contributed by atoms with Gasteiger partial charge in [-0.05, 0) is 24.8 Å². The molecule has 0 fully saturated rings. The van der Waals surface area contributed by atoms with Gasteiger partial charge in [0.25, 0.3) is 10.0 Å². The number of furan rings is 1. The molecule has 2 N–H and O–H groups in total. The molecular weight excluding hydrogens is 290 g/mol. The maximum atomic E-state index is 12.4. The van der Waals surface area contributed by atoms with Gasteiger partial charge in [-0.1, -0.05) is 13.8 Å². The van der Waals surface area contributed by atoms with Crippen molar-refractivity contribution in [3.63, 3.8) is 0 Å². The fourth-order valence-electron chi connectivity index (χ4n) is 2.93. The Morgan fingerprint density at radius 2 is 2.24 bits per heavy atom. The first kappa shape index (κ1) is 14.3. The Hall–Kier alpha value is -1.60. The summed E-state index contributed by atoms with van der Waals surface area (Å²) >= 11 is 0. The van der Waals surface area contributed by atoms with E-state index in [1.54, 1.807) is 0 Å². The summed E-state index contributed by atoms with van der Waals surface area (Å²) in [6, 6.07) is 1.64. The number of aryl methyl sites for hydroxylation is 1. The van der Waals surface area contributed by atoms with E-state index in [0.717, 1.165) is 29.9 Å². The molecule has 0 aliphatic heterocycles. The number of imidazole rings is 1. The highest BCUT2D eigenvalue weighted by atomic mass is 32.2. The van der Waals surface area contributed by atoms with Crippen molar-refractivity contribution in [1.29, 1.82) is 0 Å². The molecule has 2 heterocycles. The summed E-state index contributed by atoms with van der Waals surface area (Å²) in [6.07, 6.45) is 4.20. The van der Waals surface area contributed by atoms with Crippen LogP contribution in [0.25, 0.3) is 0 Å². The molecule has 114 valence electrons. The van der Waals surface area contributed by atoms with E-state index in [0.29, 0.717) is 0 Å². The fraction of sp³-hybridized carbons (Fsp3) is 0.500. The highest BCUT2D eigenvalue weighted by molar-refractivity contribution is 7.89. The zero-order valence-electron chi connectivity index (χ0n) is 12.3. The third kappa shape index (κ3) is 2.75. The van der Waals surface area contributed by atoms with Gasteiger partial charge in [0.05, 0.1) is 18.6 Å². The SMILES string of the molecule is Cc1cc2c(o1)CC(C)(C)CC2NS(=O)(=O)c1cnc[nH]1. The number of sulfonamides is 1. The van der Waals surface area contributed by atoms with Gasteiger partial charge in [0, 0.05) is 12.0 Å². The normalized spacial score (nSPS) is 21.2. The molecule has 0 saturated heterocycles. The highest BCUT2D eigenvalue weighted by Crippen LogP contribution is 2.42. The minimum atomic E-state index is -3.61. The van der Waals surface area contributed by atoms with Crippen LogP contribution in [0.5, 0.6) is 0 Å². The van der Waals surface area contributed by atoms with Crippen molar-refractivity contribution >= 4 is 10.0 Å². The lowest BCUT2D eigenvalue weighted by atomic mass is 9.75. The maximum Gasteiger partial charge on any atom is 0.258 e. The number of aromatic amines is 1. The quantitative estimate of drug-likeness (QED) is 0.910. The van der Waals surface area contributed by atoms with Gasteiger partial charge in [0.1, 0.15) is 11.5 Å². The Kier molecular flexibility index (Phi) is 3.22. The molecule has 3 rings (SSSR count). The lowest BCUT2D eigenvalue weighted by Gasteiger charge is -2.34. The van der Waals surface area contributed by atoms with Crippen molar-refractivity contribution in [3.8, 4) is 0 Å². The summed E-state index contributed by atoms with van der Waals surface area (Å²) in [7, 11) is -3.61. The third-order valence-electron chi connectivity index (χ3n) is 3.80. The molecule has 1 aliphatic carbocycles. The molecule has 1 atom stereocenters. The second-order valence-corrected chi connectivity index (χ2v) is 8.05. The Labute approximate surface area is 124 Å². The van der Waals surface area contributed by atoms with Crippen molar-refractivity contribution in [2.24, 2.45) is 5.41 Å². The third-order valence-corrected chi connectivity index (χ3v) is 5.19. The van der Waals surface area contributed by atoms with Gasteiger partial charge in [-0.2, -0.15) is 0 Å². The lowest BCUT2D eigenvalue weighted by Crippen LogP contribution is -2.36. The predicted molar refractivity (Wildman–Crippen MR) is 77.2 cm³/mol. The Morgan fingerprint density at radius 1 is 1.48 bits per heavy atom. The largest absolute Gasteiger partial charge is 0.466 e. The standard InChI is InChI=1S/C14H19N3O3S/c1-9-4-10-11(5-14(2,3)6-12(10)20-9)17-21(18,19)13-7-15-8-16-13/h4,7-8,11,17H,5-6H2,1-3H3,(H,15,16). The van der Waals surface area contributed by atoms with Crippen LogP contribution >= 0.6 is 0 Å². The van der Waals surface area contributed by atoms with Crippen molar-refractivity contribution in [1.82, 2.24) is 14.7 Å². The van der Waals surface area contributed by atoms with E-state index < -0.39 is 10.0 Å². The zero-order chi connectivity index (χ0) is 15.3. The first-order valence-electron chi connectivity index (χ1n) is 6.87. The van der Waals surface area contributed by atoms with E-state index in [1.165, 1.54) is 12.5 Å². The Balaban J connectivity index is 1.95. The highest BCUT2D eigenvalue weighted by Gasteiger charge is 2.37. The van der Waals surface area contributed by atoms with Crippen LogP contribution in [0.15, 0.2) is 28.0 Å². The van der Waals surface area contributed by atoms with E-state index >= 15 is 0 Å². The molecule has 0 radical (unpaired) electrons. The van der Waals surface area contributed by atoms with Crippen LogP contribution in [-0.2, 0) is 16.4 Å². The van der Waals surface area contributed by atoms with Gasteiger partial charge in [-0.15, -0.1) is 0 Å². The van der Waals surface area contributed by atoms with Crippen LogP contribution in [0.3, 0.4) is 0 Å². The van der Waals surface area contributed by atoms with Crippen molar-refractivity contribution in [2.45, 2.75) is 44.7 Å². The van der Waals surface area contributed by atoms with Crippen LogP contribution in [0.1, 0.15) is 43.4 Å². The minimum absolute atomic E-state index is 0.0154. The number of nitrogens with one attached hydrogen (secondary N) is 2. The average molecular weight is 309 g/mol. The monoisotopic (exact) mass is 309 g/mol. The average Bonchev–Trinajstić information content (AvgIpc) is 2.95. The van der Waals surface area contributed by atoms with E-state index in [1.807, 2.05) is 13.0 Å². The van der Waals surface area contributed by atoms with Crippen molar-refractivity contribution in [3.05, 3.63) is 35.7 Å². The number of hydrogen-bond acceptors (Lipinski definition) is 4. The summed E-state index contributed by atoms with van der Waals surface area (Å²) in [5.74, 6) is 1.68. The predicted octanol–water partition coefficient (Wildman–Crippen LogP) is 2.30. The van der Waals surface area contributed by atoms with Crippen molar-refractivity contribution in [2.75, 3.05) is 0 Å². The smallest absolute Gasteiger partial charge is 0.258 e. The molecular formula is C14H19N3O3S. The molecule has 0 amide bonds. The summed E-state index contributed by atoms with van der Waals surface area (Å²) in [6.45, 7) is 6.11. The van der Waals surface area contributed by atoms with E-state index in [9.17, 15) is 8.42 Å². The van der Waals surface area contributed by atoms with Gasteiger partial charge in [-0.3, -0.25) is 0 Å². The lowest BCUT2D eigenvalue weighted by molar-refractivity contribution is 0.247. The number of rotatable bonds is 3. The fourth-order valence-corrected chi connectivity index (χ4v) is 4.05. The summed E-state index contributed by atoms with van der Waals surface area (Å²) in [5.41, 5.74) is 0.924. The molecule has 1 aliphatic rings. The maximum absolute atomic E-state index is 12.4. The van der Waals surface area contributed by atoms with Crippen LogP contribution in [0.4, 0.5) is 0 Å². The second kappa shape index (κ2) is 4.71. The van der Waals surface area contributed by atoms with E-state index in [4.69, 9.17) is 4.42 Å². The van der Waals surface area contributed by atoms with E-state index in [2.05, 4.69) is 28.5 Å². The molecule has 2 aromatic heterocycles. The summed E-state index contributed by atoms with van der Waals surface area (Å²) in [5, 5.41) is 0.0765. The summed E-state index contributed by atoms with van der Waals surface area (Å²) in [4.78, 5) is 6.40. The first-order valence-corrected chi connectivity index (χ1v) is 8.35. The molecule has 0 bridgehead atoms. The van der Waals surface area contributed by atoms with Crippen LogP contribution in [0, 0.1) is 12.3 Å². The molecule has 21 heavy (non-hydrogen) atoms. The van der Waals surface area contributed by atoms with Crippen LogP contribution in [-0.4, -0.2) is 18.4 Å². The molecule has 2 aromatic rings. The van der Waals surface area contributed by atoms with Gasteiger partial charge in [0.15, 0.2) is 5.03 Å². The van der Waals surface area contributed by atoms with Crippen molar-refractivity contribution < 1.29 is 12.8 Å². The first-order chi connectivity index (χ1) is 9.77. The molecule has 0 aromatic carbocycles. The Morgan fingerprint density at radius 3 is 2.90 bits per heavy atom. The number of nitrogens with zero attached hydrogens (tertiary/aromatic N) is 1. The number of aromatic nitrogens is 2. The number of hydrogen-bond donors (Lipinski definition) is 2. The molecule has 7 heteroatoms. The topological polar surface area (TPSA) is 88.0 Å². The molecule has 0 saturated carbocycles. The second-order valence-electron chi connectivity index (χ2n) is 6.37. The minimum Gasteiger partial charge on any atom is -0.466 e. The van der Waals surface area contributed by atoms with Gasteiger partial charge < -0.3 is 9.40 Å². The van der Waals surface area contributed by atoms with Gasteiger partial charge in [-0.25, -0.2) is 18.1 Å². The van der Waals surface area contributed by atoms with E-state index in [-0.39, 0.29) is 16.5 Å². The molecule has 6 nitrogen and oxygen atoms in total. The van der Waals surface area contributed by atoms with Gasteiger partial charge >= 0.3 is 0 Å². The molecule has 0 spiro atoms.